The lowest BCUT2D eigenvalue weighted by Gasteiger charge is -2.42. The molecule has 2 fully saturated rings. The molecule has 16 heteroatoms. The zero-order valence-corrected chi connectivity index (χ0v) is 27.1. The van der Waals surface area contributed by atoms with Crippen molar-refractivity contribution in [3.63, 3.8) is 0 Å². The van der Waals surface area contributed by atoms with Gasteiger partial charge in [-0.05, 0) is 73.8 Å². The van der Waals surface area contributed by atoms with E-state index in [4.69, 9.17) is 14.2 Å². The van der Waals surface area contributed by atoms with Crippen LogP contribution in [0.25, 0.3) is 6.08 Å². The van der Waals surface area contributed by atoms with E-state index in [1.807, 2.05) is 42.5 Å². The van der Waals surface area contributed by atoms with Crippen LogP contribution >= 0.6 is 0 Å². The van der Waals surface area contributed by atoms with Crippen LogP contribution in [0.15, 0.2) is 60.9 Å². The second kappa shape index (κ2) is 16.3. The van der Waals surface area contributed by atoms with Gasteiger partial charge in [-0.1, -0.05) is 54.6 Å². The van der Waals surface area contributed by atoms with Gasteiger partial charge in [0.2, 0.25) is 0 Å². The van der Waals surface area contributed by atoms with Crippen molar-refractivity contribution >= 4 is 6.08 Å². The number of rotatable bonds is 17. The van der Waals surface area contributed by atoms with E-state index < -0.39 is 66.4 Å². The smallest absolute Gasteiger partial charge is 0.460 e. The minimum atomic E-state index is -7.94. The summed E-state index contributed by atoms with van der Waals surface area (Å²) < 4.78 is 197. The molecular weight excluding hydrogens is 703 g/mol. The molecule has 0 amide bonds. The van der Waals surface area contributed by atoms with E-state index in [0.717, 1.165) is 17.9 Å². The molecule has 3 nitrogen and oxygen atoms in total. The third-order valence-electron chi connectivity index (χ3n) is 9.20. The van der Waals surface area contributed by atoms with Gasteiger partial charge in [-0.2, -0.15) is 57.1 Å². The largest absolute Gasteiger partial charge is 0.502 e. The molecule has 1 aromatic carbocycles. The molecule has 6 atom stereocenters. The second-order valence-electron chi connectivity index (χ2n) is 12.6. The third kappa shape index (κ3) is 8.64. The highest BCUT2D eigenvalue weighted by Gasteiger charge is 2.91. The van der Waals surface area contributed by atoms with Gasteiger partial charge in [0.15, 0.2) is 0 Å². The number of halogens is 13. The van der Waals surface area contributed by atoms with Crippen LogP contribution < -0.4 is 0 Å². The first-order valence-corrected chi connectivity index (χ1v) is 15.9. The maximum atomic E-state index is 15.4. The topological polar surface area (TPSA) is 27.7 Å². The molecule has 0 bridgehead atoms. The van der Waals surface area contributed by atoms with E-state index in [9.17, 15) is 48.3 Å². The number of allylic oxidation sites excluding steroid dienone is 4. The molecule has 6 unspecified atom stereocenters. The van der Waals surface area contributed by atoms with E-state index in [-0.39, 0.29) is 37.6 Å². The predicted molar refractivity (Wildman–Crippen MR) is 158 cm³/mol. The van der Waals surface area contributed by atoms with Crippen molar-refractivity contribution in [1.82, 2.24) is 0 Å². The number of hydrogen-bond acceptors (Lipinski definition) is 3. The van der Waals surface area contributed by atoms with E-state index in [2.05, 4.69) is 0 Å². The Hall–Kier alpha value is -2.75. The molecule has 3 rings (SSSR count). The number of hydrogen-bond donors (Lipinski definition) is 0. The first-order valence-electron chi connectivity index (χ1n) is 15.9. The van der Waals surface area contributed by atoms with Crippen LogP contribution in [-0.2, 0) is 14.2 Å². The fourth-order valence-electron chi connectivity index (χ4n) is 6.44. The van der Waals surface area contributed by atoms with Gasteiger partial charge in [0, 0.05) is 13.0 Å². The lowest BCUT2D eigenvalue weighted by molar-refractivity contribution is -0.443. The standard InChI is InChI=1S/C34H39F13O3/c1-3-49-14-13-26-18-24(20-28(26)29(35,36)30(37,38)31(39,40)32(41,42)33(43,44)34(45,46)47)11-12-25-17-23(10-9-22-7-5-4-6-8-22)19-27(25)21-50-16-15-48-2/h4-14,23-28H,3,15-21H2,1-2H3/b10-9-,12-11+,14-13-. The fraction of sp³-hybridized carbons (Fsp3) is 0.647. The zero-order valence-electron chi connectivity index (χ0n) is 27.1. The first-order chi connectivity index (χ1) is 23.2. The molecule has 0 heterocycles. The predicted octanol–water partition coefficient (Wildman–Crippen LogP) is 10.5. The SMILES string of the molecule is CCO/C=C\C1CC(/C=C/C2CC(/C=C\c3ccccc3)CC2COCCOC)CC1C(F)(F)C(F)(F)C(F)(F)C(F)(F)C(F)(F)C(F)(F)F. The minimum Gasteiger partial charge on any atom is -0.502 e. The molecule has 2 aliphatic carbocycles. The lowest BCUT2D eigenvalue weighted by Crippen LogP contribution is -2.71. The highest BCUT2D eigenvalue weighted by atomic mass is 19.4. The van der Waals surface area contributed by atoms with Crippen LogP contribution in [0.5, 0.6) is 0 Å². The summed E-state index contributed by atoms with van der Waals surface area (Å²) in [6, 6.07) is 9.39. The quantitative estimate of drug-likeness (QED) is 0.0689. The maximum Gasteiger partial charge on any atom is 0.460 e. The summed E-state index contributed by atoms with van der Waals surface area (Å²) in [7, 11) is 1.49. The molecule has 2 aliphatic rings. The van der Waals surface area contributed by atoms with Gasteiger partial charge >= 0.3 is 35.8 Å². The maximum absolute atomic E-state index is 15.4. The molecule has 0 aliphatic heterocycles. The summed E-state index contributed by atoms with van der Waals surface area (Å²) in [5.74, 6) is -42.9. The first kappa shape index (κ1) is 41.7. The van der Waals surface area contributed by atoms with Crippen LogP contribution in [0, 0.1) is 35.5 Å². The molecule has 284 valence electrons. The molecule has 50 heavy (non-hydrogen) atoms. The van der Waals surface area contributed by atoms with Crippen molar-refractivity contribution in [1.29, 1.82) is 0 Å². The Labute approximate surface area is 281 Å². The molecule has 0 saturated heterocycles. The Morgan fingerprint density at radius 1 is 0.660 bits per heavy atom. The minimum absolute atomic E-state index is 0.0318. The van der Waals surface area contributed by atoms with Crippen molar-refractivity contribution < 1.29 is 71.3 Å². The molecule has 2 saturated carbocycles. The van der Waals surface area contributed by atoms with Crippen molar-refractivity contribution in [2.45, 2.75) is 68.4 Å². The van der Waals surface area contributed by atoms with E-state index in [1.165, 1.54) is 20.1 Å². The Morgan fingerprint density at radius 3 is 1.86 bits per heavy atom. The lowest BCUT2D eigenvalue weighted by atomic mass is 9.82. The number of benzene rings is 1. The second-order valence-corrected chi connectivity index (χ2v) is 12.6. The summed E-state index contributed by atoms with van der Waals surface area (Å²) in [6.45, 7) is 2.33. The van der Waals surface area contributed by atoms with Crippen LogP contribution in [0.2, 0.25) is 0 Å². The van der Waals surface area contributed by atoms with Gasteiger partial charge in [0.25, 0.3) is 0 Å². The zero-order chi connectivity index (χ0) is 37.6. The number of ether oxygens (including phenoxy) is 3. The van der Waals surface area contributed by atoms with Gasteiger partial charge in [0.1, 0.15) is 0 Å². The highest BCUT2D eigenvalue weighted by molar-refractivity contribution is 5.49. The van der Waals surface area contributed by atoms with Gasteiger partial charge in [-0.15, -0.1) is 0 Å². The van der Waals surface area contributed by atoms with Crippen LogP contribution in [0.3, 0.4) is 0 Å². The van der Waals surface area contributed by atoms with E-state index >= 15 is 8.78 Å². The average Bonchev–Trinajstić information content (AvgIpc) is 3.64. The van der Waals surface area contributed by atoms with Gasteiger partial charge in [-0.25, -0.2) is 0 Å². The molecule has 0 radical (unpaired) electrons. The summed E-state index contributed by atoms with van der Waals surface area (Å²) in [5.41, 5.74) is 0.950. The van der Waals surface area contributed by atoms with Crippen molar-refractivity contribution in [3.8, 4) is 0 Å². The summed E-state index contributed by atoms with van der Waals surface area (Å²) in [4.78, 5) is 0. The summed E-state index contributed by atoms with van der Waals surface area (Å²) in [6.07, 6.45) is 1.06. The summed E-state index contributed by atoms with van der Waals surface area (Å²) >= 11 is 0. The van der Waals surface area contributed by atoms with Crippen molar-refractivity contribution in [3.05, 3.63) is 66.5 Å². The molecule has 0 spiro atoms. The van der Waals surface area contributed by atoms with E-state index in [1.54, 1.807) is 6.08 Å². The summed E-state index contributed by atoms with van der Waals surface area (Å²) in [5, 5.41) is 0. The van der Waals surface area contributed by atoms with Crippen LogP contribution in [0.4, 0.5) is 57.1 Å². The normalized spacial score (nSPS) is 26.2. The average molecular weight is 743 g/mol. The number of alkyl halides is 13. The van der Waals surface area contributed by atoms with Gasteiger partial charge in [0.05, 0.1) is 32.7 Å². The number of methoxy groups -OCH3 is 1. The fourth-order valence-corrected chi connectivity index (χ4v) is 6.44. The van der Waals surface area contributed by atoms with Crippen molar-refractivity contribution in [2.75, 3.05) is 33.5 Å². The Morgan fingerprint density at radius 2 is 1.26 bits per heavy atom. The van der Waals surface area contributed by atoms with Gasteiger partial charge in [-0.3, -0.25) is 0 Å². The molecular formula is C34H39F13O3. The van der Waals surface area contributed by atoms with Crippen LogP contribution in [-0.4, -0.2) is 69.3 Å². The van der Waals surface area contributed by atoms with Crippen molar-refractivity contribution in [2.24, 2.45) is 35.5 Å². The third-order valence-corrected chi connectivity index (χ3v) is 9.20. The monoisotopic (exact) mass is 742 g/mol. The highest BCUT2D eigenvalue weighted by Crippen LogP contribution is 2.63. The Balaban J connectivity index is 1.89. The molecule has 0 aromatic heterocycles. The molecule has 1 aromatic rings. The molecule has 0 N–H and O–H groups in total. The van der Waals surface area contributed by atoms with E-state index in [0.29, 0.717) is 19.4 Å². The van der Waals surface area contributed by atoms with Gasteiger partial charge < -0.3 is 14.2 Å². The Kier molecular flexibility index (Phi) is 13.6. The van der Waals surface area contributed by atoms with Crippen LogP contribution in [0.1, 0.15) is 38.2 Å². The Bertz CT molecular complexity index is 1290.